The fourth-order valence-electron chi connectivity index (χ4n) is 5.17. The summed E-state index contributed by atoms with van der Waals surface area (Å²) in [5.74, 6) is 5.59. The molecule has 0 radical (unpaired) electrons. The lowest BCUT2D eigenvalue weighted by Crippen LogP contribution is -2.42. The monoisotopic (exact) mass is 615 g/mol. The van der Waals surface area contributed by atoms with Gasteiger partial charge in [-0.2, -0.15) is 0 Å². The van der Waals surface area contributed by atoms with E-state index in [4.69, 9.17) is 19.9 Å². The summed E-state index contributed by atoms with van der Waals surface area (Å²) in [6.07, 6.45) is -0.865. The normalized spacial score (nSPS) is 25.1. The zero-order valence-electron chi connectivity index (χ0n) is 25.4. The summed E-state index contributed by atoms with van der Waals surface area (Å²) < 4.78 is 17.6. The van der Waals surface area contributed by atoms with Gasteiger partial charge in [-0.1, -0.05) is 5.92 Å². The maximum Gasteiger partial charge on any atom is 0.407 e. The molecule has 2 aliphatic rings. The number of amides is 2. The van der Waals surface area contributed by atoms with Gasteiger partial charge in [-0.15, -0.1) is 0 Å². The summed E-state index contributed by atoms with van der Waals surface area (Å²) in [6, 6.07) is 0. The number of ether oxygens (including phenoxy) is 3. The molecule has 15 nitrogen and oxygen atoms in total. The predicted molar refractivity (Wildman–Crippen MR) is 156 cm³/mol. The van der Waals surface area contributed by atoms with Gasteiger partial charge in [0.05, 0.1) is 18.8 Å². The number of alkyl carbamates (subject to hydrolysis) is 1. The first kappa shape index (κ1) is 32.9. The number of carbonyl (C=O) groups is 3. The quantitative estimate of drug-likeness (QED) is 0.158. The molecule has 0 spiro atoms. The van der Waals surface area contributed by atoms with E-state index in [0.29, 0.717) is 31.7 Å². The van der Waals surface area contributed by atoms with Crippen LogP contribution in [-0.2, 0) is 23.8 Å². The van der Waals surface area contributed by atoms with Crippen LogP contribution in [-0.4, -0.2) is 91.3 Å². The van der Waals surface area contributed by atoms with Gasteiger partial charge in [-0.3, -0.25) is 14.2 Å². The van der Waals surface area contributed by atoms with E-state index in [-0.39, 0.29) is 47.8 Å². The number of nitrogens with one attached hydrogen (secondary N) is 2. The number of nitrogen functional groups attached to an aromatic ring is 1. The average Bonchev–Trinajstić information content (AvgIpc) is 3.51. The van der Waals surface area contributed by atoms with Crippen molar-refractivity contribution in [3.8, 4) is 11.8 Å². The van der Waals surface area contributed by atoms with Crippen molar-refractivity contribution in [2.45, 2.75) is 89.9 Å². The molecule has 240 valence electrons. The van der Waals surface area contributed by atoms with Gasteiger partial charge in [0.2, 0.25) is 5.82 Å². The number of esters is 1. The molecule has 44 heavy (non-hydrogen) atoms. The van der Waals surface area contributed by atoms with Crippen LogP contribution >= 0.6 is 0 Å². The van der Waals surface area contributed by atoms with Gasteiger partial charge in [-0.25, -0.2) is 19.7 Å². The molecule has 4 atom stereocenters. The summed E-state index contributed by atoms with van der Waals surface area (Å²) in [7, 11) is 0. The van der Waals surface area contributed by atoms with Crippen LogP contribution in [0.1, 0.15) is 71.9 Å². The first-order valence-electron chi connectivity index (χ1n) is 14.8. The number of hydrogen-bond donors (Lipinski definition) is 5. The van der Waals surface area contributed by atoms with Crippen molar-refractivity contribution in [2.24, 2.45) is 11.8 Å². The molecule has 2 fully saturated rings. The second-order valence-electron chi connectivity index (χ2n) is 11.9. The highest BCUT2D eigenvalue weighted by Gasteiger charge is 2.47. The number of aromatic nitrogens is 4. The first-order valence-corrected chi connectivity index (χ1v) is 14.8. The smallest absolute Gasteiger partial charge is 0.407 e. The second kappa shape index (κ2) is 14.2. The molecule has 0 aromatic carbocycles. The Bertz CT molecular complexity index is 1400. The van der Waals surface area contributed by atoms with E-state index in [1.165, 1.54) is 10.9 Å². The Kier molecular flexibility index (Phi) is 10.6. The van der Waals surface area contributed by atoms with Gasteiger partial charge in [0, 0.05) is 13.0 Å². The molecule has 3 heterocycles. The minimum Gasteiger partial charge on any atom is -0.464 e. The van der Waals surface area contributed by atoms with E-state index in [1.807, 2.05) is 0 Å². The Labute approximate surface area is 255 Å². The van der Waals surface area contributed by atoms with Gasteiger partial charge in [-0.05, 0) is 65.2 Å². The molecule has 4 rings (SSSR count). The summed E-state index contributed by atoms with van der Waals surface area (Å²) in [6.45, 7) is 7.65. The molecule has 1 aliphatic heterocycles. The standard InChI is InChI=1S/C29H41N7O8/c1-5-31-25(39)22-20(37)21(38)26(43-22)36-15-33-19-23(30)34-18(35-24(19)36)8-6-7-16-9-11-17(12-10-16)27(40)42-14-13-32-28(41)44-29(2,3)4/h15-17,20-22,26,37-38H,5,7,9-14H2,1-4H3,(H,31,39)(H,32,41)(H2,30,34,35)/t16?,17?,20-,21?,22+,26-/m1/s1. The number of fused-ring (bicyclic) bond motifs is 1. The van der Waals surface area contributed by atoms with Crippen LogP contribution in [0.15, 0.2) is 6.33 Å². The maximum absolute atomic E-state index is 12.4. The van der Waals surface area contributed by atoms with Crippen LogP contribution in [0.5, 0.6) is 0 Å². The average molecular weight is 616 g/mol. The van der Waals surface area contributed by atoms with Crippen LogP contribution in [0.3, 0.4) is 0 Å². The Morgan fingerprint density at radius 3 is 2.55 bits per heavy atom. The Morgan fingerprint density at radius 1 is 1.14 bits per heavy atom. The maximum atomic E-state index is 12.4. The molecule has 0 bridgehead atoms. The number of anilines is 1. The highest BCUT2D eigenvalue weighted by Crippen LogP contribution is 2.33. The second-order valence-corrected chi connectivity index (χ2v) is 11.9. The van der Waals surface area contributed by atoms with Crippen molar-refractivity contribution >= 4 is 35.0 Å². The van der Waals surface area contributed by atoms with E-state index < -0.39 is 42.1 Å². The topological polar surface area (TPSA) is 213 Å². The molecule has 2 amide bonds. The van der Waals surface area contributed by atoms with E-state index in [1.54, 1.807) is 27.7 Å². The fraction of sp³-hybridized carbons (Fsp3) is 0.655. The van der Waals surface area contributed by atoms with Crippen LogP contribution < -0.4 is 16.4 Å². The zero-order chi connectivity index (χ0) is 32.0. The van der Waals surface area contributed by atoms with E-state index in [0.717, 1.165) is 12.8 Å². The van der Waals surface area contributed by atoms with Crippen molar-refractivity contribution in [3.63, 3.8) is 0 Å². The molecule has 1 unspecified atom stereocenters. The van der Waals surface area contributed by atoms with Crippen molar-refractivity contribution in [2.75, 3.05) is 25.4 Å². The van der Waals surface area contributed by atoms with Crippen LogP contribution in [0.25, 0.3) is 11.2 Å². The molecule has 1 saturated carbocycles. The van der Waals surface area contributed by atoms with Crippen molar-refractivity contribution in [3.05, 3.63) is 12.2 Å². The number of nitrogens with two attached hydrogens (primary N) is 1. The van der Waals surface area contributed by atoms with Gasteiger partial charge >= 0.3 is 12.1 Å². The number of hydrogen-bond acceptors (Lipinski definition) is 12. The van der Waals surface area contributed by atoms with Crippen molar-refractivity contribution < 1.29 is 38.8 Å². The van der Waals surface area contributed by atoms with E-state index >= 15 is 0 Å². The van der Waals surface area contributed by atoms with Crippen molar-refractivity contribution in [1.29, 1.82) is 0 Å². The highest BCUT2D eigenvalue weighted by atomic mass is 16.6. The zero-order valence-corrected chi connectivity index (χ0v) is 25.4. The first-order chi connectivity index (χ1) is 20.9. The molecule has 15 heteroatoms. The third kappa shape index (κ3) is 8.13. The van der Waals surface area contributed by atoms with Crippen molar-refractivity contribution in [1.82, 2.24) is 30.2 Å². The minimum absolute atomic E-state index is 0.0804. The van der Waals surface area contributed by atoms with Crippen LogP contribution in [0.4, 0.5) is 10.6 Å². The van der Waals surface area contributed by atoms with Gasteiger partial charge in [0.25, 0.3) is 5.91 Å². The summed E-state index contributed by atoms with van der Waals surface area (Å²) in [5, 5.41) is 26.1. The lowest BCUT2D eigenvalue weighted by molar-refractivity contribution is -0.149. The van der Waals surface area contributed by atoms with Gasteiger partial charge in [0.1, 0.15) is 29.9 Å². The van der Waals surface area contributed by atoms with Crippen LogP contribution in [0, 0.1) is 23.7 Å². The van der Waals surface area contributed by atoms with Crippen LogP contribution in [0.2, 0.25) is 0 Å². The summed E-state index contributed by atoms with van der Waals surface area (Å²) in [4.78, 5) is 49.3. The Morgan fingerprint density at radius 2 is 1.86 bits per heavy atom. The molecule has 6 N–H and O–H groups in total. The lowest BCUT2D eigenvalue weighted by atomic mass is 9.81. The predicted octanol–water partition coefficient (Wildman–Crippen LogP) is 0.780. The third-order valence-electron chi connectivity index (χ3n) is 7.36. The third-order valence-corrected chi connectivity index (χ3v) is 7.36. The molecule has 2 aromatic rings. The fourth-order valence-corrected chi connectivity index (χ4v) is 5.17. The summed E-state index contributed by atoms with van der Waals surface area (Å²) in [5.41, 5.74) is 6.03. The van der Waals surface area contributed by atoms with Gasteiger partial charge < -0.3 is 40.8 Å². The molecule has 2 aromatic heterocycles. The number of imidazole rings is 1. The number of nitrogens with zero attached hydrogens (tertiary/aromatic N) is 4. The molecular weight excluding hydrogens is 574 g/mol. The number of aliphatic hydroxyl groups is 2. The minimum atomic E-state index is -1.44. The summed E-state index contributed by atoms with van der Waals surface area (Å²) >= 11 is 0. The SMILES string of the molecule is CCNC(=O)[C@H]1O[C@@H](n2cnc3c(N)nc(C#CCC4CCC(C(=O)OCCNC(=O)OC(C)(C)C)CC4)nc32)C(O)[C@H]1O. The Hall–Kier alpha value is -4.00. The number of carbonyl (C=O) groups excluding carboxylic acids is 3. The molecule has 1 saturated heterocycles. The largest absolute Gasteiger partial charge is 0.464 e. The number of rotatable bonds is 8. The number of likely N-dealkylation sites (N-methyl/N-ethyl adjacent to an activating group) is 1. The highest BCUT2D eigenvalue weighted by molar-refractivity contribution is 5.83. The van der Waals surface area contributed by atoms with Gasteiger partial charge in [0.15, 0.2) is 23.8 Å². The lowest BCUT2D eigenvalue weighted by Gasteiger charge is -2.26. The van der Waals surface area contributed by atoms with E-state index in [9.17, 15) is 24.6 Å². The Balaban J connectivity index is 1.29. The van der Waals surface area contributed by atoms with E-state index in [2.05, 4.69) is 37.4 Å². The molecular formula is C29H41N7O8. The molecule has 1 aliphatic carbocycles. The number of aliphatic hydroxyl groups excluding tert-OH is 2.